The summed E-state index contributed by atoms with van der Waals surface area (Å²) in [7, 11) is 0. The zero-order valence-corrected chi connectivity index (χ0v) is 15.6. The maximum Gasteiger partial charge on any atom is 0.161 e. The van der Waals surface area contributed by atoms with Gasteiger partial charge >= 0.3 is 0 Å². The molecule has 0 saturated carbocycles. The molecule has 0 amide bonds. The van der Waals surface area contributed by atoms with Crippen molar-refractivity contribution in [3.05, 3.63) is 22.1 Å². The van der Waals surface area contributed by atoms with Gasteiger partial charge in [-0.05, 0) is 55.0 Å². The molecule has 0 saturated heterocycles. The van der Waals surface area contributed by atoms with Crippen molar-refractivity contribution < 1.29 is 0 Å². The average Bonchev–Trinajstić information content (AvgIpc) is 3.16. The van der Waals surface area contributed by atoms with Crippen LogP contribution in [0.4, 0.5) is 0 Å². The zero-order chi connectivity index (χ0) is 16.5. The molecule has 126 valence electrons. The van der Waals surface area contributed by atoms with E-state index in [4.69, 9.17) is 4.98 Å². The quantitative estimate of drug-likeness (QED) is 0.512. The van der Waals surface area contributed by atoms with Gasteiger partial charge in [0.1, 0.15) is 15.7 Å². The number of thiophene rings is 1. The monoisotopic (exact) mass is 360 g/mol. The number of aromatic nitrogens is 6. The molecule has 24 heavy (non-hydrogen) atoms. The highest BCUT2D eigenvalue weighted by Gasteiger charge is 2.21. The van der Waals surface area contributed by atoms with E-state index in [1.54, 1.807) is 11.8 Å². The second-order valence-electron chi connectivity index (χ2n) is 6.07. The van der Waals surface area contributed by atoms with Gasteiger partial charge in [0, 0.05) is 16.8 Å². The van der Waals surface area contributed by atoms with Gasteiger partial charge < -0.3 is 0 Å². The van der Waals surface area contributed by atoms with Crippen molar-refractivity contribution in [2.75, 3.05) is 0 Å². The summed E-state index contributed by atoms with van der Waals surface area (Å²) in [6, 6.07) is 0. The summed E-state index contributed by atoms with van der Waals surface area (Å²) in [5, 5.41) is 14.4. The first-order chi connectivity index (χ1) is 11.8. The number of nitrogens with zero attached hydrogens (tertiary/aromatic N) is 6. The van der Waals surface area contributed by atoms with E-state index in [9.17, 15) is 0 Å². The lowest BCUT2D eigenvalue weighted by molar-refractivity contribution is 0.564. The topological polar surface area (TPSA) is 69.4 Å². The van der Waals surface area contributed by atoms with Crippen LogP contribution in [0.25, 0.3) is 10.2 Å². The molecule has 3 heterocycles. The van der Waals surface area contributed by atoms with Crippen LogP contribution in [0.15, 0.2) is 5.03 Å². The van der Waals surface area contributed by atoms with Crippen molar-refractivity contribution in [3.63, 3.8) is 0 Å². The molecule has 0 atom stereocenters. The summed E-state index contributed by atoms with van der Waals surface area (Å²) in [4.78, 5) is 12.1. The number of aryl methyl sites for hydroxylation is 4. The van der Waals surface area contributed by atoms with Gasteiger partial charge in [-0.2, -0.15) is 0 Å². The van der Waals surface area contributed by atoms with Crippen LogP contribution in [-0.2, 0) is 25.1 Å². The van der Waals surface area contributed by atoms with Gasteiger partial charge in [0.05, 0.1) is 5.75 Å². The van der Waals surface area contributed by atoms with Crippen LogP contribution in [0.3, 0.4) is 0 Å². The predicted molar refractivity (Wildman–Crippen MR) is 96.5 cm³/mol. The Morgan fingerprint density at radius 1 is 1.21 bits per heavy atom. The van der Waals surface area contributed by atoms with E-state index in [2.05, 4.69) is 27.4 Å². The molecule has 6 nitrogen and oxygen atoms in total. The number of hydrogen-bond acceptors (Lipinski definition) is 7. The van der Waals surface area contributed by atoms with Gasteiger partial charge in [0.25, 0.3) is 0 Å². The molecule has 0 bridgehead atoms. The minimum atomic E-state index is 0.739. The minimum absolute atomic E-state index is 0.739. The zero-order valence-electron chi connectivity index (χ0n) is 13.9. The fourth-order valence-electron chi connectivity index (χ4n) is 3.18. The Bertz CT molecular complexity index is 869. The van der Waals surface area contributed by atoms with Gasteiger partial charge in [-0.1, -0.05) is 18.7 Å². The average molecular weight is 361 g/mol. The Morgan fingerprint density at radius 3 is 2.96 bits per heavy atom. The third-order valence-electron chi connectivity index (χ3n) is 4.27. The molecule has 0 N–H and O–H groups in total. The fourth-order valence-corrected chi connectivity index (χ4v) is 5.58. The largest absolute Gasteiger partial charge is 0.229 e. The number of fused-ring (bicyclic) bond motifs is 3. The van der Waals surface area contributed by atoms with Crippen LogP contribution in [0.5, 0.6) is 0 Å². The molecule has 0 aromatic carbocycles. The van der Waals surface area contributed by atoms with Crippen molar-refractivity contribution in [2.45, 2.75) is 63.3 Å². The Balaban J connectivity index is 1.68. The number of rotatable bonds is 5. The summed E-state index contributed by atoms with van der Waals surface area (Å²) in [6.07, 6.45) is 5.93. The molecule has 3 aromatic heterocycles. The Kier molecular flexibility index (Phi) is 4.49. The molecule has 0 radical (unpaired) electrons. The molecule has 3 aromatic rings. The van der Waals surface area contributed by atoms with Gasteiger partial charge in [-0.3, -0.25) is 0 Å². The summed E-state index contributed by atoms with van der Waals surface area (Å²) in [5.41, 5.74) is 1.48. The second kappa shape index (κ2) is 6.76. The van der Waals surface area contributed by atoms with Crippen LogP contribution in [0, 0.1) is 6.92 Å². The SMILES string of the molecule is CCCn1nnnc1CSc1nc(C)nc2sc3c(c12)CCCC3. The fraction of sp³-hybridized carbons (Fsp3) is 0.562. The molecule has 1 aliphatic rings. The molecule has 8 heteroatoms. The Labute approximate surface area is 149 Å². The van der Waals surface area contributed by atoms with Crippen LogP contribution < -0.4 is 0 Å². The third kappa shape index (κ3) is 2.93. The van der Waals surface area contributed by atoms with E-state index in [0.717, 1.165) is 46.6 Å². The Morgan fingerprint density at radius 2 is 2.08 bits per heavy atom. The minimum Gasteiger partial charge on any atom is -0.229 e. The van der Waals surface area contributed by atoms with E-state index in [1.807, 2.05) is 22.9 Å². The first-order valence-corrected chi connectivity index (χ1v) is 10.2. The van der Waals surface area contributed by atoms with Gasteiger partial charge in [-0.25, -0.2) is 14.6 Å². The highest BCUT2D eigenvalue weighted by Crippen LogP contribution is 2.40. The van der Waals surface area contributed by atoms with Crippen molar-refractivity contribution >= 4 is 33.3 Å². The van der Waals surface area contributed by atoms with Crippen molar-refractivity contribution in [1.29, 1.82) is 0 Å². The number of thioether (sulfide) groups is 1. The number of hydrogen-bond donors (Lipinski definition) is 0. The first kappa shape index (κ1) is 16.0. The summed E-state index contributed by atoms with van der Waals surface area (Å²) < 4.78 is 1.89. The molecule has 0 unspecified atom stereocenters. The molecule has 1 aliphatic carbocycles. The summed E-state index contributed by atoms with van der Waals surface area (Å²) in [5.74, 6) is 2.50. The first-order valence-electron chi connectivity index (χ1n) is 8.43. The van der Waals surface area contributed by atoms with Gasteiger partial charge in [0.15, 0.2) is 5.82 Å². The molecule has 0 fully saturated rings. The van der Waals surface area contributed by atoms with E-state index in [0.29, 0.717) is 0 Å². The molecule has 0 spiro atoms. The summed E-state index contributed by atoms with van der Waals surface area (Å²) >= 11 is 3.58. The molecule has 4 rings (SSSR count). The van der Waals surface area contributed by atoms with E-state index < -0.39 is 0 Å². The lowest BCUT2D eigenvalue weighted by Gasteiger charge is -2.11. The maximum absolute atomic E-state index is 4.74. The lowest BCUT2D eigenvalue weighted by atomic mass is 9.97. The molecule has 0 aliphatic heterocycles. The third-order valence-corrected chi connectivity index (χ3v) is 6.43. The highest BCUT2D eigenvalue weighted by molar-refractivity contribution is 7.98. The van der Waals surface area contributed by atoms with Crippen molar-refractivity contribution in [3.8, 4) is 0 Å². The van der Waals surface area contributed by atoms with Gasteiger partial charge in [-0.15, -0.1) is 16.4 Å². The molecular formula is C16H20N6S2. The van der Waals surface area contributed by atoms with E-state index in [1.165, 1.54) is 35.1 Å². The lowest BCUT2D eigenvalue weighted by Crippen LogP contribution is -2.04. The van der Waals surface area contributed by atoms with E-state index >= 15 is 0 Å². The number of tetrazole rings is 1. The second-order valence-corrected chi connectivity index (χ2v) is 8.12. The van der Waals surface area contributed by atoms with Gasteiger partial charge in [0.2, 0.25) is 0 Å². The smallest absolute Gasteiger partial charge is 0.161 e. The van der Waals surface area contributed by atoms with E-state index in [-0.39, 0.29) is 0 Å². The Hall–Kier alpha value is -1.54. The summed E-state index contributed by atoms with van der Waals surface area (Å²) in [6.45, 7) is 4.96. The maximum atomic E-state index is 4.74. The normalized spacial score (nSPS) is 14.2. The van der Waals surface area contributed by atoms with Crippen molar-refractivity contribution in [2.24, 2.45) is 0 Å². The van der Waals surface area contributed by atoms with Crippen LogP contribution in [0.1, 0.15) is 48.3 Å². The van der Waals surface area contributed by atoms with Crippen LogP contribution in [0.2, 0.25) is 0 Å². The molecular weight excluding hydrogens is 340 g/mol. The van der Waals surface area contributed by atoms with Crippen LogP contribution in [-0.4, -0.2) is 30.2 Å². The van der Waals surface area contributed by atoms with Crippen molar-refractivity contribution in [1.82, 2.24) is 30.2 Å². The predicted octanol–water partition coefficient (Wildman–Crippen LogP) is 3.57. The highest BCUT2D eigenvalue weighted by atomic mass is 32.2. The van der Waals surface area contributed by atoms with Crippen LogP contribution >= 0.6 is 23.1 Å². The standard InChI is InChI=1S/C16H20N6S2/c1-3-8-22-13(19-20-21-22)9-23-15-14-11-6-4-5-7-12(11)24-16(14)18-10(2)17-15/h3-9H2,1-2H3.